The molecule has 0 saturated heterocycles. The molecule has 0 radical (unpaired) electrons. The van der Waals surface area contributed by atoms with Crippen molar-refractivity contribution in [3.63, 3.8) is 0 Å². The summed E-state index contributed by atoms with van der Waals surface area (Å²) in [4.78, 5) is 0. The summed E-state index contributed by atoms with van der Waals surface area (Å²) in [5, 5.41) is 0.948. The summed E-state index contributed by atoms with van der Waals surface area (Å²) >= 11 is 0. The van der Waals surface area contributed by atoms with Crippen LogP contribution >= 0.6 is 0 Å². The number of hydrogen-bond donors (Lipinski definition) is 0. The predicted octanol–water partition coefficient (Wildman–Crippen LogP) is 5.01. The lowest BCUT2D eigenvalue weighted by Gasteiger charge is -2.05. The fourth-order valence-corrected chi connectivity index (χ4v) is 2.31. The molecule has 1 aromatic heterocycles. The molecule has 3 aromatic rings. The van der Waals surface area contributed by atoms with E-state index in [2.05, 4.69) is 12.0 Å². The Kier molecular flexibility index (Phi) is 4.07. The molecule has 2 aromatic carbocycles. The zero-order valence-electron chi connectivity index (χ0n) is 12.7. The Hall–Kier alpha value is -2.74. The molecular weight excluding hydrogens is 302 g/mol. The number of benzene rings is 2. The van der Waals surface area contributed by atoms with Crippen molar-refractivity contribution in [2.75, 3.05) is 6.61 Å². The van der Waals surface area contributed by atoms with Gasteiger partial charge in [-0.2, -0.15) is 8.78 Å². The molecule has 0 bridgehead atoms. The minimum absolute atomic E-state index is 0.0359. The summed E-state index contributed by atoms with van der Waals surface area (Å²) in [6, 6.07) is 6.23. The van der Waals surface area contributed by atoms with Crippen LogP contribution < -0.4 is 9.47 Å². The first-order valence-electron chi connectivity index (χ1n) is 7.22. The molecule has 0 atom stereocenters. The molecule has 23 heavy (non-hydrogen) atoms. The van der Waals surface area contributed by atoms with Crippen LogP contribution in [0.4, 0.5) is 8.78 Å². The largest absolute Gasteiger partial charge is 0.490 e. The van der Waals surface area contributed by atoms with Gasteiger partial charge in [-0.25, -0.2) is 0 Å². The van der Waals surface area contributed by atoms with Crippen molar-refractivity contribution >= 4 is 21.9 Å². The average molecular weight is 316 g/mol. The van der Waals surface area contributed by atoms with E-state index in [0.29, 0.717) is 17.4 Å². The minimum Gasteiger partial charge on any atom is -0.490 e. The van der Waals surface area contributed by atoms with Gasteiger partial charge in [-0.15, -0.1) is 0 Å². The zero-order valence-corrected chi connectivity index (χ0v) is 12.7. The van der Waals surface area contributed by atoms with E-state index in [9.17, 15) is 8.78 Å². The number of hydrogen-bond acceptors (Lipinski definition) is 3. The topological polar surface area (TPSA) is 31.6 Å². The SMILES string of the molecule is CC#COc1ccc2c(oc3c(F)c(OCCC)ccc32)c1F. The summed E-state index contributed by atoms with van der Waals surface area (Å²) in [7, 11) is 0. The first-order valence-corrected chi connectivity index (χ1v) is 7.22. The molecule has 1 heterocycles. The van der Waals surface area contributed by atoms with Crippen molar-refractivity contribution in [3.8, 4) is 23.5 Å². The van der Waals surface area contributed by atoms with E-state index in [1.54, 1.807) is 19.1 Å². The first kappa shape index (κ1) is 15.2. The van der Waals surface area contributed by atoms with Crippen molar-refractivity contribution < 1.29 is 22.7 Å². The quantitative estimate of drug-likeness (QED) is 0.634. The van der Waals surface area contributed by atoms with Crippen LogP contribution in [0.3, 0.4) is 0 Å². The van der Waals surface area contributed by atoms with Crippen LogP contribution in [0.1, 0.15) is 20.3 Å². The van der Waals surface area contributed by atoms with Crippen LogP contribution in [0, 0.1) is 23.7 Å². The summed E-state index contributed by atoms with van der Waals surface area (Å²) in [5.74, 6) is 1.19. The van der Waals surface area contributed by atoms with Gasteiger partial charge >= 0.3 is 0 Å². The third kappa shape index (κ3) is 2.57. The van der Waals surface area contributed by atoms with Crippen LogP contribution in [-0.2, 0) is 0 Å². The molecule has 0 unspecified atom stereocenters. The van der Waals surface area contributed by atoms with Gasteiger partial charge in [-0.1, -0.05) is 12.8 Å². The van der Waals surface area contributed by atoms with Crippen molar-refractivity contribution in [2.45, 2.75) is 20.3 Å². The summed E-state index contributed by atoms with van der Waals surface area (Å²) in [5.41, 5.74) is -0.104. The number of ether oxygens (including phenoxy) is 2. The Labute approximate surface area is 131 Å². The molecule has 0 saturated carbocycles. The normalized spacial score (nSPS) is 10.6. The maximum Gasteiger partial charge on any atom is 0.209 e. The second kappa shape index (κ2) is 6.17. The van der Waals surface area contributed by atoms with Crippen LogP contribution in [0.2, 0.25) is 0 Å². The summed E-state index contributed by atoms with van der Waals surface area (Å²) in [6.07, 6.45) is 3.08. The van der Waals surface area contributed by atoms with Gasteiger partial charge in [0.2, 0.25) is 11.6 Å². The van der Waals surface area contributed by atoms with Crippen LogP contribution in [0.25, 0.3) is 21.9 Å². The third-order valence-corrected chi connectivity index (χ3v) is 3.34. The highest BCUT2D eigenvalue weighted by Crippen LogP contribution is 2.37. The average Bonchev–Trinajstić information content (AvgIpc) is 2.94. The van der Waals surface area contributed by atoms with Gasteiger partial charge in [-0.3, -0.25) is 0 Å². The van der Waals surface area contributed by atoms with Crippen molar-refractivity contribution in [1.82, 2.24) is 0 Å². The van der Waals surface area contributed by atoms with Crippen LogP contribution in [0.5, 0.6) is 11.5 Å². The molecule has 0 aliphatic rings. The van der Waals surface area contributed by atoms with Gasteiger partial charge in [0.05, 0.1) is 6.61 Å². The second-order valence-corrected chi connectivity index (χ2v) is 4.91. The van der Waals surface area contributed by atoms with E-state index < -0.39 is 11.6 Å². The van der Waals surface area contributed by atoms with E-state index >= 15 is 0 Å². The molecule has 0 spiro atoms. The maximum absolute atomic E-state index is 14.5. The molecule has 0 aliphatic heterocycles. The summed E-state index contributed by atoms with van der Waals surface area (Å²) < 4.78 is 44.6. The molecule has 0 fully saturated rings. The molecule has 3 rings (SSSR count). The van der Waals surface area contributed by atoms with Crippen molar-refractivity contribution in [2.24, 2.45) is 0 Å². The van der Waals surface area contributed by atoms with Crippen LogP contribution in [0.15, 0.2) is 28.7 Å². The Bertz CT molecular complexity index is 932. The van der Waals surface area contributed by atoms with Gasteiger partial charge in [0, 0.05) is 17.7 Å². The fourth-order valence-electron chi connectivity index (χ4n) is 2.31. The highest BCUT2D eigenvalue weighted by atomic mass is 19.1. The highest BCUT2D eigenvalue weighted by Gasteiger charge is 2.20. The Morgan fingerprint density at radius 3 is 2.22 bits per heavy atom. The molecule has 0 N–H and O–H groups in total. The highest BCUT2D eigenvalue weighted by molar-refractivity contribution is 6.06. The number of rotatable bonds is 4. The molecule has 0 aliphatic carbocycles. The Morgan fingerprint density at radius 1 is 1.00 bits per heavy atom. The standard InChI is InChI=1S/C18H14F2O3/c1-3-9-21-13-7-5-11-12-6-8-14(22-10-4-2)16(20)18(12)23-17(11)15(13)19/h5-8H,3,9H2,1-2H3. The van der Waals surface area contributed by atoms with E-state index in [-0.39, 0.29) is 22.7 Å². The lowest BCUT2D eigenvalue weighted by atomic mass is 10.1. The van der Waals surface area contributed by atoms with Gasteiger partial charge in [0.15, 0.2) is 22.7 Å². The van der Waals surface area contributed by atoms with Gasteiger partial charge in [-0.05, 0) is 30.7 Å². The smallest absolute Gasteiger partial charge is 0.209 e. The van der Waals surface area contributed by atoms with Crippen molar-refractivity contribution in [3.05, 3.63) is 35.9 Å². The van der Waals surface area contributed by atoms with Gasteiger partial charge in [0.25, 0.3) is 0 Å². The molecule has 0 amide bonds. The Balaban J connectivity index is 2.18. The van der Waals surface area contributed by atoms with Gasteiger partial charge in [0.1, 0.15) is 6.11 Å². The lowest BCUT2D eigenvalue weighted by Crippen LogP contribution is -1.97. The first-order chi connectivity index (χ1) is 11.2. The summed E-state index contributed by atoms with van der Waals surface area (Å²) in [6.45, 7) is 3.89. The molecule has 3 nitrogen and oxygen atoms in total. The van der Waals surface area contributed by atoms with Gasteiger partial charge < -0.3 is 13.9 Å². The predicted molar refractivity (Wildman–Crippen MR) is 83.5 cm³/mol. The Morgan fingerprint density at radius 2 is 1.61 bits per heavy atom. The molecule has 118 valence electrons. The minimum atomic E-state index is -0.711. The fraction of sp³-hybridized carbons (Fsp3) is 0.222. The zero-order chi connectivity index (χ0) is 16.4. The third-order valence-electron chi connectivity index (χ3n) is 3.34. The maximum atomic E-state index is 14.5. The molecular formula is C18H14F2O3. The monoisotopic (exact) mass is 316 g/mol. The van der Waals surface area contributed by atoms with E-state index in [4.69, 9.17) is 13.9 Å². The second-order valence-electron chi connectivity index (χ2n) is 4.91. The number of halogens is 2. The van der Waals surface area contributed by atoms with E-state index in [0.717, 1.165) is 6.42 Å². The van der Waals surface area contributed by atoms with Crippen molar-refractivity contribution in [1.29, 1.82) is 0 Å². The lowest BCUT2D eigenvalue weighted by molar-refractivity contribution is 0.301. The number of fused-ring (bicyclic) bond motifs is 3. The van der Waals surface area contributed by atoms with Crippen LogP contribution in [-0.4, -0.2) is 6.61 Å². The molecule has 5 heteroatoms. The number of furan rings is 1. The van der Waals surface area contributed by atoms with E-state index in [1.165, 1.54) is 12.1 Å². The van der Waals surface area contributed by atoms with E-state index in [1.807, 2.05) is 6.92 Å².